The van der Waals surface area contributed by atoms with Gasteiger partial charge in [-0.05, 0) is 0 Å². The number of rotatable bonds is 7. The molecule has 21 heavy (non-hydrogen) atoms. The van der Waals surface area contributed by atoms with Gasteiger partial charge in [0.05, 0.1) is 12.1 Å². The van der Waals surface area contributed by atoms with Crippen LogP contribution < -0.4 is 5.32 Å². The molecule has 0 aromatic heterocycles. The molecule has 1 aliphatic rings. The third kappa shape index (κ3) is 5.86. The summed E-state index contributed by atoms with van der Waals surface area (Å²) >= 11 is 0. The molecule has 1 unspecified atom stereocenters. The molecule has 8 heteroatoms. The fraction of sp³-hybridized carbons (Fsp3) is 0.846. The monoisotopic (exact) mass is 304 g/mol. The van der Waals surface area contributed by atoms with E-state index < -0.39 is 23.6 Å². The number of hydrogen-bond donors (Lipinski definition) is 3. The van der Waals surface area contributed by atoms with Gasteiger partial charge in [0.1, 0.15) is 6.04 Å². The van der Waals surface area contributed by atoms with Crippen LogP contribution in [0.3, 0.4) is 0 Å². The summed E-state index contributed by atoms with van der Waals surface area (Å²) in [4.78, 5) is 24.4. The molecule has 122 valence electrons. The van der Waals surface area contributed by atoms with Gasteiger partial charge in [-0.15, -0.1) is 0 Å². The molecule has 1 fully saturated rings. The largest absolute Gasteiger partial charge is 0.480 e. The SMILES string of the molecule is COCCC(NC(=O)N(C)CC1(O)CCOCC1)C(=O)O. The number of carboxylic acid groups (broad SMARTS) is 1. The van der Waals surface area contributed by atoms with E-state index in [9.17, 15) is 14.7 Å². The van der Waals surface area contributed by atoms with Crippen molar-refractivity contribution >= 4 is 12.0 Å². The summed E-state index contributed by atoms with van der Waals surface area (Å²) in [5.74, 6) is -1.11. The molecule has 0 saturated carbocycles. The number of urea groups is 1. The normalized spacial score (nSPS) is 18.8. The van der Waals surface area contributed by atoms with Crippen LogP contribution in [0.2, 0.25) is 0 Å². The second-order valence-corrected chi connectivity index (χ2v) is 5.31. The summed E-state index contributed by atoms with van der Waals surface area (Å²) in [5, 5.41) is 21.8. The van der Waals surface area contributed by atoms with Crippen LogP contribution in [0.5, 0.6) is 0 Å². The number of carbonyl (C=O) groups is 2. The fourth-order valence-corrected chi connectivity index (χ4v) is 2.18. The summed E-state index contributed by atoms with van der Waals surface area (Å²) < 4.78 is 10.00. The molecule has 0 radical (unpaired) electrons. The van der Waals surface area contributed by atoms with Gasteiger partial charge in [0, 0.05) is 53.2 Å². The number of ether oxygens (including phenoxy) is 2. The number of hydrogen-bond acceptors (Lipinski definition) is 5. The number of nitrogens with zero attached hydrogens (tertiary/aromatic N) is 1. The number of likely N-dealkylation sites (N-methyl/N-ethyl adjacent to an activating group) is 1. The molecule has 0 aromatic carbocycles. The summed E-state index contributed by atoms with van der Waals surface area (Å²) in [7, 11) is 2.99. The van der Waals surface area contributed by atoms with Gasteiger partial charge in [0.15, 0.2) is 0 Å². The van der Waals surface area contributed by atoms with Crippen LogP contribution in [0.15, 0.2) is 0 Å². The zero-order chi connectivity index (χ0) is 15.9. The van der Waals surface area contributed by atoms with Crippen molar-refractivity contribution in [3.63, 3.8) is 0 Å². The van der Waals surface area contributed by atoms with Gasteiger partial charge >= 0.3 is 12.0 Å². The summed E-state index contributed by atoms with van der Waals surface area (Å²) in [6, 6.07) is -1.54. The van der Waals surface area contributed by atoms with Gasteiger partial charge in [-0.25, -0.2) is 9.59 Å². The maximum absolute atomic E-state index is 12.0. The maximum atomic E-state index is 12.0. The molecule has 1 saturated heterocycles. The minimum absolute atomic E-state index is 0.138. The molecule has 1 rings (SSSR count). The Morgan fingerprint density at radius 2 is 2.05 bits per heavy atom. The molecule has 0 spiro atoms. The van der Waals surface area contributed by atoms with Crippen LogP contribution in [0.1, 0.15) is 19.3 Å². The average molecular weight is 304 g/mol. The lowest BCUT2D eigenvalue weighted by atomic mass is 9.94. The zero-order valence-electron chi connectivity index (χ0n) is 12.5. The quantitative estimate of drug-likeness (QED) is 0.594. The molecule has 3 N–H and O–H groups in total. The minimum atomic E-state index is -1.11. The summed E-state index contributed by atoms with van der Waals surface area (Å²) in [6.45, 7) is 1.29. The van der Waals surface area contributed by atoms with Crippen molar-refractivity contribution in [3.05, 3.63) is 0 Å². The third-order valence-electron chi connectivity index (χ3n) is 3.51. The molecular formula is C13H24N2O6. The number of carboxylic acids is 1. The van der Waals surface area contributed by atoms with E-state index in [0.29, 0.717) is 26.1 Å². The van der Waals surface area contributed by atoms with Crippen LogP contribution in [-0.2, 0) is 14.3 Å². The predicted octanol–water partition coefficient (Wildman–Crippen LogP) is -0.341. The van der Waals surface area contributed by atoms with Crippen LogP contribution in [-0.4, -0.2) is 79.3 Å². The third-order valence-corrected chi connectivity index (χ3v) is 3.51. The van der Waals surface area contributed by atoms with Crippen molar-refractivity contribution in [1.29, 1.82) is 0 Å². The Hall–Kier alpha value is -1.38. The Morgan fingerprint density at radius 1 is 1.43 bits per heavy atom. The van der Waals surface area contributed by atoms with E-state index in [1.54, 1.807) is 0 Å². The molecule has 2 amide bonds. The number of methoxy groups -OCH3 is 1. The molecule has 0 bridgehead atoms. The molecule has 0 aliphatic carbocycles. The van der Waals surface area contributed by atoms with E-state index in [-0.39, 0.29) is 19.6 Å². The van der Waals surface area contributed by atoms with E-state index in [4.69, 9.17) is 14.6 Å². The van der Waals surface area contributed by atoms with E-state index >= 15 is 0 Å². The van der Waals surface area contributed by atoms with Gasteiger partial charge in [0.25, 0.3) is 0 Å². The number of aliphatic hydroxyl groups is 1. The second-order valence-electron chi connectivity index (χ2n) is 5.31. The van der Waals surface area contributed by atoms with E-state index in [1.165, 1.54) is 19.1 Å². The topological polar surface area (TPSA) is 108 Å². The Balaban J connectivity index is 2.50. The zero-order valence-corrected chi connectivity index (χ0v) is 12.5. The minimum Gasteiger partial charge on any atom is -0.480 e. The number of aliphatic carboxylic acids is 1. The second kappa shape index (κ2) is 8.16. The molecule has 1 heterocycles. The lowest BCUT2D eigenvalue weighted by Gasteiger charge is -2.35. The van der Waals surface area contributed by atoms with Crippen molar-refractivity contribution in [3.8, 4) is 0 Å². The highest BCUT2D eigenvalue weighted by atomic mass is 16.5. The van der Waals surface area contributed by atoms with Crippen LogP contribution >= 0.6 is 0 Å². The smallest absolute Gasteiger partial charge is 0.326 e. The van der Waals surface area contributed by atoms with Gasteiger partial charge < -0.3 is 29.9 Å². The molecule has 1 atom stereocenters. The first kappa shape index (κ1) is 17.7. The molecule has 1 aliphatic heterocycles. The van der Waals surface area contributed by atoms with Gasteiger partial charge in [-0.3, -0.25) is 0 Å². The molecular weight excluding hydrogens is 280 g/mol. The predicted molar refractivity (Wildman–Crippen MR) is 74.1 cm³/mol. The molecule has 0 aromatic rings. The lowest BCUT2D eigenvalue weighted by Crippen LogP contribution is -2.52. The van der Waals surface area contributed by atoms with Crippen molar-refractivity contribution < 1.29 is 29.3 Å². The Morgan fingerprint density at radius 3 is 2.57 bits per heavy atom. The van der Waals surface area contributed by atoms with E-state index in [0.717, 1.165) is 0 Å². The summed E-state index contributed by atoms with van der Waals surface area (Å²) in [6.07, 6.45) is 1.09. The number of nitrogens with one attached hydrogen (secondary N) is 1. The standard InChI is InChI=1S/C13H24N2O6/c1-15(9-13(19)4-7-21-8-5-13)12(18)14-10(11(16)17)3-6-20-2/h10,19H,3-9H2,1-2H3,(H,14,18)(H,16,17). The first-order chi connectivity index (χ1) is 9.88. The Labute approximate surface area is 124 Å². The van der Waals surface area contributed by atoms with Gasteiger partial charge in [-0.1, -0.05) is 0 Å². The van der Waals surface area contributed by atoms with Crippen molar-refractivity contribution in [2.45, 2.75) is 30.9 Å². The molecule has 8 nitrogen and oxygen atoms in total. The van der Waals surface area contributed by atoms with E-state index in [2.05, 4.69) is 5.32 Å². The van der Waals surface area contributed by atoms with E-state index in [1.807, 2.05) is 0 Å². The number of amides is 2. The van der Waals surface area contributed by atoms with Gasteiger partial charge in [0.2, 0.25) is 0 Å². The summed E-state index contributed by atoms with van der Waals surface area (Å²) in [5.41, 5.74) is -0.977. The first-order valence-corrected chi connectivity index (χ1v) is 6.91. The highest BCUT2D eigenvalue weighted by Gasteiger charge is 2.33. The van der Waals surface area contributed by atoms with Crippen LogP contribution in [0, 0.1) is 0 Å². The highest BCUT2D eigenvalue weighted by Crippen LogP contribution is 2.21. The average Bonchev–Trinajstić information content (AvgIpc) is 2.43. The maximum Gasteiger partial charge on any atom is 0.326 e. The first-order valence-electron chi connectivity index (χ1n) is 6.91. The van der Waals surface area contributed by atoms with Crippen molar-refractivity contribution in [2.24, 2.45) is 0 Å². The lowest BCUT2D eigenvalue weighted by molar-refractivity contribution is -0.139. The van der Waals surface area contributed by atoms with Crippen LogP contribution in [0.4, 0.5) is 4.79 Å². The highest BCUT2D eigenvalue weighted by molar-refractivity contribution is 5.82. The van der Waals surface area contributed by atoms with Crippen molar-refractivity contribution in [2.75, 3.05) is 40.5 Å². The number of carbonyl (C=O) groups excluding carboxylic acids is 1. The Bertz CT molecular complexity index is 357. The fourth-order valence-electron chi connectivity index (χ4n) is 2.18. The van der Waals surface area contributed by atoms with Crippen molar-refractivity contribution in [1.82, 2.24) is 10.2 Å². The Kier molecular flexibility index (Phi) is 6.86. The van der Waals surface area contributed by atoms with Gasteiger partial charge in [-0.2, -0.15) is 0 Å². The van der Waals surface area contributed by atoms with Crippen LogP contribution in [0.25, 0.3) is 0 Å².